The van der Waals surface area contributed by atoms with E-state index in [2.05, 4.69) is 19.7 Å². The minimum Gasteiger partial charge on any atom is -0.487 e. The lowest BCUT2D eigenvalue weighted by Gasteiger charge is -2.43. The Morgan fingerprint density at radius 2 is 1.86 bits per heavy atom. The Bertz CT molecular complexity index is 1300. The predicted molar refractivity (Wildman–Crippen MR) is 124 cm³/mol. The summed E-state index contributed by atoms with van der Waals surface area (Å²) in [5.74, 6) is 0.486. The van der Waals surface area contributed by atoms with Crippen LogP contribution in [0, 0.1) is 0 Å². The number of guanidine groups is 1. The molecule has 1 spiro atoms. The number of rotatable bonds is 5. The van der Waals surface area contributed by atoms with E-state index in [0.717, 1.165) is 16.7 Å². The zero-order chi connectivity index (χ0) is 24.8. The minimum atomic E-state index is -2.89. The highest BCUT2D eigenvalue weighted by Crippen LogP contribution is 2.50. The summed E-state index contributed by atoms with van der Waals surface area (Å²) in [4.78, 5) is 27.7. The van der Waals surface area contributed by atoms with E-state index < -0.39 is 17.8 Å². The lowest BCUT2D eigenvalue weighted by Crippen LogP contribution is -2.51. The number of fused-ring (bicyclic) bond motifs is 2. The second kappa shape index (κ2) is 8.30. The number of aromatic nitrogens is 2. The van der Waals surface area contributed by atoms with Crippen LogP contribution in [0.2, 0.25) is 0 Å². The van der Waals surface area contributed by atoms with Crippen molar-refractivity contribution in [3.05, 3.63) is 72.3 Å². The van der Waals surface area contributed by atoms with Gasteiger partial charge in [0.2, 0.25) is 0 Å². The lowest BCUT2D eigenvalue weighted by molar-refractivity contribution is -0.133. The highest BCUT2D eigenvalue weighted by Gasteiger charge is 2.56. The molecule has 0 fully saturated rings. The molecule has 3 heterocycles. The number of halogens is 2. The van der Waals surface area contributed by atoms with E-state index in [1.807, 2.05) is 25.1 Å². The van der Waals surface area contributed by atoms with Crippen molar-refractivity contribution in [1.82, 2.24) is 14.9 Å². The number of nitrogens with two attached hydrogens (primary N) is 1. The molecule has 8 nitrogen and oxygen atoms in total. The van der Waals surface area contributed by atoms with Gasteiger partial charge in [-0.1, -0.05) is 18.2 Å². The van der Waals surface area contributed by atoms with E-state index in [-0.39, 0.29) is 24.0 Å². The monoisotopic (exact) mass is 479 g/mol. The van der Waals surface area contributed by atoms with Crippen LogP contribution in [0.4, 0.5) is 8.78 Å². The molecule has 0 radical (unpaired) electrons. The number of hydrogen-bond acceptors (Lipinski definition) is 7. The Balaban J connectivity index is 1.54. The zero-order valence-electron chi connectivity index (χ0n) is 19.1. The van der Waals surface area contributed by atoms with Crippen LogP contribution in [0.5, 0.6) is 11.5 Å². The van der Waals surface area contributed by atoms with E-state index >= 15 is 0 Å². The van der Waals surface area contributed by atoms with Crippen LogP contribution in [-0.2, 0) is 16.8 Å². The summed E-state index contributed by atoms with van der Waals surface area (Å²) in [5.41, 5.74) is 7.07. The van der Waals surface area contributed by atoms with Gasteiger partial charge in [0.25, 0.3) is 5.91 Å². The first kappa shape index (κ1) is 22.7. The molecule has 1 amide bonds. The molecule has 2 aliphatic heterocycles. The van der Waals surface area contributed by atoms with Crippen LogP contribution >= 0.6 is 0 Å². The average molecular weight is 479 g/mol. The molecule has 2 aliphatic rings. The van der Waals surface area contributed by atoms with Gasteiger partial charge in [-0.25, -0.2) is 15.0 Å². The Kier molecular flexibility index (Phi) is 5.38. The third-order valence-electron chi connectivity index (χ3n) is 6.34. The summed E-state index contributed by atoms with van der Waals surface area (Å²) in [6, 6.07) is 11.9. The van der Waals surface area contributed by atoms with Gasteiger partial charge in [0.1, 0.15) is 23.4 Å². The first-order valence-electron chi connectivity index (χ1n) is 11.0. The molecule has 0 aliphatic carbocycles. The second-order valence-corrected chi connectivity index (χ2v) is 8.96. The van der Waals surface area contributed by atoms with Crippen molar-refractivity contribution < 1.29 is 23.0 Å². The number of ether oxygens (including phenoxy) is 2. The molecular formula is C25H23F2N5O3. The number of amides is 1. The molecule has 35 heavy (non-hydrogen) atoms. The Labute approximate surface area is 200 Å². The summed E-state index contributed by atoms with van der Waals surface area (Å²) < 4.78 is 35.9. The number of aliphatic imine (C=N–C) groups is 1. The Morgan fingerprint density at radius 1 is 1.14 bits per heavy atom. The van der Waals surface area contributed by atoms with Gasteiger partial charge in [-0.05, 0) is 42.3 Å². The number of alkyl halides is 2. The topological polar surface area (TPSA) is 103 Å². The molecule has 180 valence electrons. The van der Waals surface area contributed by atoms with Gasteiger partial charge >= 0.3 is 6.61 Å². The number of likely N-dealkylation sites (N-methyl/N-ethyl adjacent to an activating group) is 1. The third-order valence-corrected chi connectivity index (χ3v) is 6.34. The standard InChI is InChI=1S/C25H23F2N5O3/c1-24(10-15-3-6-18(7-4-15)34-22(26)27)13-25(21(33)32(2)23(28)31-25)19-9-16(5-8-20(19)35-24)17-11-29-14-30-12-17/h3-9,11-12,14,22H,10,13H2,1-2H3,(H2,28,31). The van der Waals surface area contributed by atoms with Crippen molar-refractivity contribution in [3.8, 4) is 22.6 Å². The van der Waals surface area contributed by atoms with Crippen LogP contribution in [0.25, 0.3) is 11.1 Å². The van der Waals surface area contributed by atoms with Gasteiger partial charge < -0.3 is 15.2 Å². The molecular weight excluding hydrogens is 456 g/mol. The largest absolute Gasteiger partial charge is 0.487 e. The van der Waals surface area contributed by atoms with Crippen molar-refractivity contribution in [2.45, 2.75) is 37.5 Å². The summed E-state index contributed by atoms with van der Waals surface area (Å²) in [6.45, 7) is -0.991. The number of carbonyl (C=O) groups is 1. The van der Waals surface area contributed by atoms with Crippen LogP contribution in [0.15, 0.2) is 66.2 Å². The fourth-order valence-corrected chi connectivity index (χ4v) is 4.82. The van der Waals surface area contributed by atoms with Crippen molar-refractivity contribution in [2.75, 3.05) is 7.05 Å². The van der Waals surface area contributed by atoms with Gasteiger partial charge in [0.05, 0.1) is 0 Å². The maximum absolute atomic E-state index is 13.6. The number of nitrogens with zero attached hydrogens (tertiary/aromatic N) is 4. The summed E-state index contributed by atoms with van der Waals surface area (Å²) in [7, 11) is 1.60. The fraction of sp³-hybridized carbons (Fsp3) is 0.280. The van der Waals surface area contributed by atoms with Crippen molar-refractivity contribution in [2.24, 2.45) is 10.7 Å². The summed E-state index contributed by atoms with van der Waals surface area (Å²) in [5, 5.41) is 0. The molecule has 3 aromatic rings. The quantitative estimate of drug-likeness (QED) is 0.601. The fourth-order valence-electron chi connectivity index (χ4n) is 4.82. The summed E-state index contributed by atoms with van der Waals surface area (Å²) in [6.07, 6.45) is 5.48. The minimum absolute atomic E-state index is 0.0719. The maximum atomic E-state index is 13.6. The molecule has 2 N–H and O–H groups in total. The van der Waals surface area contributed by atoms with Gasteiger partial charge in [0.15, 0.2) is 11.5 Å². The van der Waals surface area contributed by atoms with Gasteiger partial charge in [-0.15, -0.1) is 0 Å². The smallest absolute Gasteiger partial charge is 0.387 e. The molecule has 0 bridgehead atoms. The van der Waals surface area contributed by atoms with Crippen molar-refractivity contribution in [1.29, 1.82) is 0 Å². The van der Waals surface area contributed by atoms with E-state index in [9.17, 15) is 13.6 Å². The van der Waals surface area contributed by atoms with E-state index in [0.29, 0.717) is 17.7 Å². The van der Waals surface area contributed by atoms with Gasteiger partial charge in [-0.3, -0.25) is 9.69 Å². The van der Waals surface area contributed by atoms with Crippen LogP contribution in [0.3, 0.4) is 0 Å². The number of hydrogen-bond donors (Lipinski definition) is 1. The lowest BCUT2D eigenvalue weighted by atomic mass is 9.74. The highest BCUT2D eigenvalue weighted by atomic mass is 19.3. The van der Waals surface area contributed by atoms with Gasteiger partial charge in [-0.2, -0.15) is 8.78 Å². The van der Waals surface area contributed by atoms with Crippen molar-refractivity contribution >= 4 is 11.9 Å². The van der Waals surface area contributed by atoms with E-state index in [1.54, 1.807) is 31.6 Å². The van der Waals surface area contributed by atoms with Crippen molar-refractivity contribution in [3.63, 3.8) is 0 Å². The maximum Gasteiger partial charge on any atom is 0.387 e. The van der Waals surface area contributed by atoms with Gasteiger partial charge in [0, 0.05) is 43.4 Å². The normalized spacial score (nSPS) is 23.3. The third kappa shape index (κ3) is 4.05. The zero-order valence-corrected chi connectivity index (χ0v) is 19.1. The predicted octanol–water partition coefficient (Wildman–Crippen LogP) is 3.51. The molecule has 0 saturated carbocycles. The molecule has 1 aromatic heterocycles. The molecule has 2 aromatic carbocycles. The average Bonchev–Trinajstić information content (AvgIpc) is 3.04. The molecule has 2 unspecified atom stereocenters. The highest BCUT2D eigenvalue weighted by molar-refractivity contribution is 6.07. The van der Waals surface area contributed by atoms with Crippen LogP contribution in [0.1, 0.15) is 24.5 Å². The molecule has 10 heteroatoms. The number of benzene rings is 2. The first-order valence-corrected chi connectivity index (χ1v) is 11.0. The molecule has 2 atom stereocenters. The van der Waals surface area contributed by atoms with E-state index in [1.165, 1.54) is 23.4 Å². The molecule has 0 saturated heterocycles. The second-order valence-electron chi connectivity index (χ2n) is 8.96. The van der Waals surface area contributed by atoms with Crippen LogP contribution < -0.4 is 15.2 Å². The Morgan fingerprint density at radius 3 is 2.49 bits per heavy atom. The Hall–Kier alpha value is -4.08. The number of carbonyl (C=O) groups excluding carboxylic acids is 1. The van der Waals surface area contributed by atoms with E-state index in [4.69, 9.17) is 10.5 Å². The SMILES string of the molecule is CN1C(=O)C2(CC(C)(Cc3ccc(OC(F)F)cc3)Oc3ccc(-c4cncnc4)cc32)N=C1N. The first-order chi connectivity index (χ1) is 16.7. The van der Waals surface area contributed by atoms with Crippen LogP contribution in [-0.4, -0.2) is 46.0 Å². The molecule has 5 rings (SSSR count). The summed E-state index contributed by atoms with van der Waals surface area (Å²) >= 11 is 0.